The highest BCUT2D eigenvalue weighted by molar-refractivity contribution is 5.25. The lowest BCUT2D eigenvalue weighted by atomic mass is 10.0. The molecule has 2 fully saturated rings. The first-order chi connectivity index (χ1) is 12.3. The van der Waals surface area contributed by atoms with Gasteiger partial charge in [0.2, 0.25) is 0 Å². The van der Waals surface area contributed by atoms with Gasteiger partial charge in [-0.2, -0.15) is 0 Å². The van der Waals surface area contributed by atoms with Crippen molar-refractivity contribution >= 4 is 0 Å². The van der Waals surface area contributed by atoms with Crippen molar-refractivity contribution in [2.75, 3.05) is 13.2 Å². The van der Waals surface area contributed by atoms with Crippen LogP contribution in [0.5, 0.6) is 0 Å². The monoisotopic (exact) mass is 350 g/mol. The molecule has 1 saturated heterocycles. The summed E-state index contributed by atoms with van der Waals surface area (Å²) in [4.78, 5) is 0. The molecule has 0 spiro atoms. The predicted octanol–water partition coefficient (Wildman–Crippen LogP) is 7.03. The van der Waals surface area contributed by atoms with Gasteiger partial charge in [0.05, 0.1) is 6.61 Å². The molecule has 0 radical (unpaired) electrons. The van der Waals surface area contributed by atoms with Crippen LogP contribution >= 0.6 is 0 Å². The summed E-state index contributed by atoms with van der Waals surface area (Å²) in [6.45, 7) is 8.29. The van der Waals surface area contributed by atoms with Gasteiger partial charge >= 0.3 is 0 Å². The zero-order valence-electron chi connectivity index (χ0n) is 16.8. The number of ether oxygens (including phenoxy) is 2. The average molecular weight is 351 g/mol. The van der Waals surface area contributed by atoms with Crippen LogP contribution in [0.1, 0.15) is 103 Å². The van der Waals surface area contributed by atoms with Crippen molar-refractivity contribution < 1.29 is 9.47 Å². The maximum atomic E-state index is 5.87. The van der Waals surface area contributed by atoms with Gasteiger partial charge in [-0.25, -0.2) is 0 Å². The van der Waals surface area contributed by atoms with Crippen LogP contribution in [0.15, 0.2) is 12.2 Å². The van der Waals surface area contributed by atoms with E-state index in [9.17, 15) is 0 Å². The third-order valence-electron chi connectivity index (χ3n) is 6.07. The molecule has 0 aromatic rings. The van der Waals surface area contributed by atoms with Crippen molar-refractivity contribution in [1.82, 2.24) is 0 Å². The van der Waals surface area contributed by atoms with Crippen molar-refractivity contribution in [2.24, 2.45) is 11.8 Å². The molecule has 2 heteroatoms. The van der Waals surface area contributed by atoms with Crippen molar-refractivity contribution in [2.45, 2.75) is 110 Å². The number of allylic oxidation sites excluding steroid dienone is 1. The summed E-state index contributed by atoms with van der Waals surface area (Å²) in [5.41, 5.74) is 1.49. The largest absolute Gasteiger partial charge is 0.353 e. The van der Waals surface area contributed by atoms with E-state index in [-0.39, 0.29) is 6.29 Å². The second-order valence-electron chi connectivity index (χ2n) is 8.21. The predicted molar refractivity (Wildman–Crippen MR) is 107 cm³/mol. The Morgan fingerprint density at radius 2 is 1.52 bits per heavy atom. The molecule has 25 heavy (non-hydrogen) atoms. The summed E-state index contributed by atoms with van der Waals surface area (Å²) in [5, 5.41) is 0. The van der Waals surface area contributed by atoms with E-state index in [0.29, 0.717) is 0 Å². The zero-order valence-corrected chi connectivity index (χ0v) is 16.8. The van der Waals surface area contributed by atoms with Gasteiger partial charge in [-0.15, -0.1) is 0 Å². The lowest BCUT2D eigenvalue weighted by Crippen LogP contribution is -2.22. The molecule has 1 aliphatic heterocycles. The second kappa shape index (κ2) is 12.9. The highest BCUT2D eigenvalue weighted by Crippen LogP contribution is 2.49. The summed E-state index contributed by atoms with van der Waals surface area (Å²) in [5.74, 6) is 1.53. The Morgan fingerprint density at radius 3 is 2.16 bits per heavy atom. The van der Waals surface area contributed by atoms with E-state index < -0.39 is 0 Å². The van der Waals surface area contributed by atoms with Crippen LogP contribution in [0.2, 0.25) is 0 Å². The van der Waals surface area contributed by atoms with Gasteiger partial charge in [0, 0.05) is 6.61 Å². The van der Waals surface area contributed by atoms with E-state index in [1.54, 1.807) is 0 Å². The van der Waals surface area contributed by atoms with Crippen LogP contribution in [-0.2, 0) is 9.47 Å². The maximum Gasteiger partial charge on any atom is 0.157 e. The van der Waals surface area contributed by atoms with Crippen molar-refractivity contribution in [3.05, 3.63) is 12.2 Å². The van der Waals surface area contributed by atoms with E-state index in [4.69, 9.17) is 9.47 Å². The van der Waals surface area contributed by atoms with E-state index in [1.807, 2.05) is 0 Å². The van der Waals surface area contributed by atoms with Crippen LogP contribution in [-0.4, -0.2) is 19.5 Å². The summed E-state index contributed by atoms with van der Waals surface area (Å²) in [6, 6.07) is 0. The van der Waals surface area contributed by atoms with E-state index >= 15 is 0 Å². The highest BCUT2D eigenvalue weighted by Gasteiger charge is 2.40. The smallest absolute Gasteiger partial charge is 0.157 e. The van der Waals surface area contributed by atoms with Gasteiger partial charge in [-0.05, 0) is 43.9 Å². The topological polar surface area (TPSA) is 18.5 Å². The first kappa shape index (κ1) is 21.0. The SMILES string of the molecule is C=C1C(CCCCCCCCCCCC)C1CCOC1CCCCO1. The Morgan fingerprint density at radius 1 is 0.880 bits per heavy atom. The molecule has 2 rings (SSSR count). The Labute approximate surface area is 156 Å². The van der Waals surface area contributed by atoms with Gasteiger partial charge in [0.15, 0.2) is 6.29 Å². The summed E-state index contributed by atoms with van der Waals surface area (Å²) in [6.07, 6.45) is 20.4. The van der Waals surface area contributed by atoms with Crippen molar-refractivity contribution in [1.29, 1.82) is 0 Å². The van der Waals surface area contributed by atoms with Crippen LogP contribution in [0.25, 0.3) is 0 Å². The fraction of sp³-hybridized carbons (Fsp3) is 0.913. The van der Waals surface area contributed by atoms with Crippen LogP contribution in [0, 0.1) is 11.8 Å². The van der Waals surface area contributed by atoms with Crippen molar-refractivity contribution in [3.63, 3.8) is 0 Å². The van der Waals surface area contributed by atoms with Crippen LogP contribution in [0.3, 0.4) is 0 Å². The molecule has 0 aromatic carbocycles. The third kappa shape index (κ3) is 8.73. The van der Waals surface area contributed by atoms with Gasteiger partial charge in [-0.1, -0.05) is 83.3 Å². The maximum absolute atomic E-state index is 5.87. The molecule has 1 heterocycles. The Bertz CT molecular complexity index is 346. The molecule has 2 nitrogen and oxygen atoms in total. The molecule has 1 saturated carbocycles. The second-order valence-corrected chi connectivity index (χ2v) is 8.21. The number of hydrogen-bond donors (Lipinski definition) is 0. The molecule has 146 valence electrons. The van der Waals surface area contributed by atoms with Crippen molar-refractivity contribution in [3.8, 4) is 0 Å². The fourth-order valence-electron chi connectivity index (χ4n) is 4.24. The Kier molecular flexibility index (Phi) is 10.8. The van der Waals surface area contributed by atoms with Gasteiger partial charge in [0.1, 0.15) is 0 Å². The van der Waals surface area contributed by atoms with Crippen LogP contribution < -0.4 is 0 Å². The Hall–Kier alpha value is -0.340. The molecule has 3 atom stereocenters. The number of unbranched alkanes of at least 4 members (excludes halogenated alkanes) is 9. The molecule has 0 bridgehead atoms. The molecular formula is C23H42O2. The fourth-order valence-corrected chi connectivity index (χ4v) is 4.24. The molecule has 0 aromatic heterocycles. The average Bonchev–Trinajstić information content (AvgIpc) is 3.25. The summed E-state index contributed by atoms with van der Waals surface area (Å²) in [7, 11) is 0. The lowest BCUT2D eigenvalue weighted by Gasteiger charge is -2.22. The molecule has 1 aliphatic carbocycles. The molecule has 0 amide bonds. The molecule has 3 unspecified atom stereocenters. The minimum Gasteiger partial charge on any atom is -0.353 e. The van der Waals surface area contributed by atoms with E-state index in [2.05, 4.69) is 13.5 Å². The molecule has 2 aliphatic rings. The van der Waals surface area contributed by atoms with E-state index in [1.165, 1.54) is 89.0 Å². The van der Waals surface area contributed by atoms with Gasteiger partial charge in [0.25, 0.3) is 0 Å². The van der Waals surface area contributed by atoms with Crippen LogP contribution in [0.4, 0.5) is 0 Å². The molecular weight excluding hydrogens is 308 g/mol. The standard InChI is InChI=1S/C23H42O2/c1-3-4-5-6-7-8-9-10-11-12-15-21-20(2)22(21)17-19-25-23-16-13-14-18-24-23/h21-23H,2-19H2,1H3. The normalized spacial score (nSPS) is 26.1. The minimum atomic E-state index is 0.0705. The highest BCUT2D eigenvalue weighted by atomic mass is 16.7. The number of hydrogen-bond acceptors (Lipinski definition) is 2. The zero-order chi connectivity index (χ0) is 17.7. The summed E-state index contributed by atoms with van der Waals surface area (Å²) < 4.78 is 11.5. The minimum absolute atomic E-state index is 0.0705. The quantitative estimate of drug-likeness (QED) is 0.233. The molecule has 0 N–H and O–H groups in total. The van der Waals surface area contributed by atoms with Gasteiger partial charge in [-0.3, -0.25) is 0 Å². The summed E-state index contributed by atoms with van der Waals surface area (Å²) >= 11 is 0. The van der Waals surface area contributed by atoms with E-state index in [0.717, 1.165) is 37.9 Å². The first-order valence-corrected chi connectivity index (χ1v) is 11.2. The first-order valence-electron chi connectivity index (χ1n) is 11.2. The lowest BCUT2D eigenvalue weighted by molar-refractivity contribution is -0.163. The third-order valence-corrected chi connectivity index (χ3v) is 6.07. The van der Waals surface area contributed by atoms with Gasteiger partial charge < -0.3 is 9.47 Å². The number of rotatable bonds is 15. The Balaban J connectivity index is 1.36.